The van der Waals surface area contributed by atoms with Crippen LogP contribution in [-0.4, -0.2) is 26.0 Å². The van der Waals surface area contributed by atoms with E-state index < -0.39 is 26.5 Å². The van der Waals surface area contributed by atoms with Gasteiger partial charge >= 0.3 is 147 Å². The van der Waals surface area contributed by atoms with Crippen molar-refractivity contribution >= 4 is 28.2 Å². The topological polar surface area (TPSA) is 20.2 Å². The SMILES string of the molecule is OC1(c2ccccc2)C=C(c2ccccc2)[Te]c2ccccc21. The van der Waals surface area contributed by atoms with Crippen LogP contribution in [0.2, 0.25) is 0 Å². The van der Waals surface area contributed by atoms with Gasteiger partial charge in [-0.2, -0.15) is 0 Å². The molecule has 0 aromatic heterocycles. The molecule has 0 fully saturated rings. The predicted molar refractivity (Wildman–Crippen MR) is 95.7 cm³/mol. The summed E-state index contributed by atoms with van der Waals surface area (Å²) in [5.74, 6) is 0. The summed E-state index contributed by atoms with van der Waals surface area (Å²) >= 11 is -0.508. The maximum atomic E-state index is 11.6. The molecule has 0 amide bonds. The van der Waals surface area contributed by atoms with E-state index in [1.807, 2.05) is 42.5 Å². The van der Waals surface area contributed by atoms with E-state index in [0.717, 1.165) is 11.1 Å². The fourth-order valence-corrected chi connectivity index (χ4v) is 6.39. The minimum atomic E-state index is -1.05. The van der Waals surface area contributed by atoms with Gasteiger partial charge < -0.3 is 0 Å². The van der Waals surface area contributed by atoms with Crippen molar-refractivity contribution < 1.29 is 5.11 Å². The van der Waals surface area contributed by atoms with E-state index in [1.165, 1.54) is 12.8 Å². The zero-order chi connectivity index (χ0) is 15.7. The van der Waals surface area contributed by atoms with Crippen molar-refractivity contribution in [1.29, 1.82) is 0 Å². The first kappa shape index (κ1) is 14.7. The molecule has 1 unspecified atom stereocenters. The molecule has 3 aromatic rings. The van der Waals surface area contributed by atoms with Crippen LogP contribution < -0.4 is 3.61 Å². The van der Waals surface area contributed by atoms with Gasteiger partial charge in [-0.05, 0) is 0 Å². The van der Waals surface area contributed by atoms with Gasteiger partial charge in [0.15, 0.2) is 0 Å². The van der Waals surface area contributed by atoms with Crippen molar-refractivity contribution in [2.24, 2.45) is 0 Å². The second-order valence-corrected chi connectivity index (χ2v) is 8.70. The Labute approximate surface area is 146 Å². The summed E-state index contributed by atoms with van der Waals surface area (Å²) in [5, 5.41) is 11.6. The Morgan fingerprint density at radius 2 is 1.30 bits per heavy atom. The molecule has 1 nitrogen and oxygen atoms in total. The normalized spacial score (nSPS) is 19.8. The summed E-state index contributed by atoms with van der Waals surface area (Å²) in [7, 11) is 0. The van der Waals surface area contributed by atoms with E-state index in [1.54, 1.807) is 0 Å². The van der Waals surface area contributed by atoms with Crippen molar-refractivity contribution in [1.82, 2.24) is 0 Å². The first-order valence-electron chi connectivity index (χ1n) is 7.61. The van der Waals surface area contributed by atoms with Crippen molar-refractivity contribution in [3.8, 4) is 0 Å². The van der Waals surface area contributed by atoms with Gasteiger partial charge in [-0.25, -0.2) is 0 Å². The van der Waals surface area contributed by atoms with Crippen LogP contribution in [0.25, 0.3) is 3.62 Å². The fraction of sp³-hybridized carbons (Fsp3) is 0.0476. The van der Waals surface area contributed by atoms with Crippen LogP contribution in [0.1, 0.15) is 16.7 Å². The first-order chi connectivity index (χ1) is 11.3. The summed E-state index contributed by atoms with van der Waals surface area (Å²) < 4.78 is 2.60. The molecule has 1 heterocycles. The molecule has 23 heavy (non-hydrogen) atoms. The zero-order valence-corrected chi connectivity index (χ0v) is 14.8. The molecule has 1 N–H and O–H groups in total. The summed E-state index contributed by atoms with van der Waals surface area (Å²) in [5.41, 5.74) is 2.13. The molecule has 3 aromatic carbocycles. The van der Waals surface area contributed by atoms with Crippen LogP contribution in [-0.2, 0) is 5.60 Å². The third-order valence-corrected chi connectivity index (χ3v) is 7.41. The zero-order valence-electron chi connectivity index (χ0n) is 12.5. The molecule has 0 spiro atoms. The molecule has 0 saturated carbocycles. The molecule has 0 aliphatic carbocycles. The number of benzene rings is 3. The first-order valence-corrected chi connectivity index (χ1v) is 9.94. The molecule has 0 saturated heterocycles. The van der Waals surface area contributed by atoms with Crippen molar-refractivity contribution in [3.63, 3.8) is 0 Å². The number of rotatable bonds is 2. The Balaban J connectivity index is 1.93. The van der Waals surface area contributed by atoms with Gasteiger partial charge in [-0.15, -0.1) is 0 Å². The van der Waals surface area contributed by atoms with Crippen molar-refractivity contribution in [3.05, 3.63) is 108 Å². The molecule has 0 radical (unpaired) electrons. The number of hydrogen-bond acceptors (Lipinski definition) is 1. The van der Waals surface area contributed by atoms with E-state index in [2.05, 4.69) is 48.5 Å². The van der Waals surface area contributed by atoms with Gasteiger partial charge in [-0.1, -0.05) is 0 Å². The van der Waals surface area contributed by atoms with Gasteiger partial charge in [-0.3, -0.25) is 0 Å². The predicted octanol–water partition coefficient (Wildman–Crippen LogP) is 3.31. The Kier molecular flexibility index (Phi) is 3.83. The Morgan fingerprint density at radius 1 is 0.696 bits per heavy atom. The minimum absolute atomic E-state index is 0.508. The van der Waals surface area contributed by atoms with Crippen LogP contribution in [0.5, 0.6) is 0 Å². The molecule has 112 valence electrons. The molecule has 0 bridgehead atoms. The number of fused-ring (bicyclic) bond motifs is 1. The summed E-state index contributed by atoms with van der Waals surface area (Å²) in [6.07, 6.45) is 2.07. The monoisotopic (exact) mass is 414 g/mol. The van der Waals surface area contributed by atoms with Crippen LogP contribution >= 0.6 is 0 Å². The summed E-state index contributed by atoms with van der Waals surface area (Å²) in [4.78, 5) is 0. The standard InChI is InChI=1S/C21H16OTe/c22-21(17-11-5-2-6-12-17)15-20(16-9-3-1-4-10-16)23-19-14-8-7-13-18(19)21/h1-15,22H. The third-order valence-electron chi connectivity index (χ3n) is 4.13. The van der Waals surface area contributed by atoms with E-state index in [-0.39, 0.29) is 0 Å². The molecular weight excluding hydrogens is 396 g/mol. The summed E-state index contributed by atoms with van der Waals surface area (Å²) in [6, 6.07) is 28.7. The Bertz CT molecular complexity index is 855. The van der Waals surface area contributed by atoms with Crippen molar-refractivity contribution in [2.45, 2.75) is 5.60 Å². The van der Waals surface area contributed by atoms with Gasteiger partial charge in [0.25, 0.3) is 0 Å². The molecule has 4 rings (SSSR count). The van der Waals surface area contributed by atoms with Gasteiger partial charge in [0.1, 0.15) is 0 Å². The number of aliphatic hydroxyl groups is 1. The van der Waals surface area contributed by atoms with Crippen LogP contribution in [0.4, 0.5) is 0 Å². The third kappa shape index (κ3) is 2.64. The van der Waals surface area contributed by atoms with E-state index in [4.69, 9.17) is 0 Å². The van der Waals surface area contributed by atoms with E-state index in [0.29, 0.717) is 0 Å². The second-order valence-electron chi connectivity index (χ2n) is 5.61. The van der Waals surface area contributed by atoms with Crippen LogP contribution in [0, 0.1) is 0 Å². The van der Waals surface area contributed by atoms with Crippen LogP contribution in [0.15, 0.2) is 91.0 Å². The average Bonchev–Trinajstić information content (AvgIpc) is 2.63. The van der Waals surface area contributed by atoms with E-state index >= 15 is 0 Å². The molecule has 1 aliphatic rings. The molecule has 2 heteroatoms. The second kappa shape index (κ2) is 5.98. The number of hydrogen-bond donors (Lipinski definition) is 1. The van der Waals surface area contributed by atoms with Gasteiger partial charge in [0.05, 0.1) is 0 Å². The molecule has 1 aliphatic heterocycles. The fourth-order valence-electron chi connectivity index (χ4n) is 2.96. The van der Waals surface area contributed by atoms with Gasteiger partial charge in [0, 0.05) is 0 Å². The van der Waals surface area contributed by atoms with Crippen LogP contribution in [0.3, 0.4) is 0 Å². The van der Waals surface area contributed by atoms with Crippen molar-refractivity contribution in [2.75, 3.05) is 0 Å². The Morgan fingerprint density at radius 3 is 2.04 bits per heavy atom. The quantitative estimate of drug-likeness (QED) is 0.641. The Hall–Kier alpha value is -1.85. The summed E-state index contributed by atoms with van der Waals surface area (Å²) in [6.45, 7) is 0. The molecular formula is C21H16OTe. The van der Waals surface area contributed by atoms with Gasteiger partial charge in [0.2, 0.25) is 0 Å². The molecule has 1 atom stereocenters. The van der Waals surface area contributed by atoms with E-state index in [9.17, 15) is 5.11 Å². The maximum absolute atomic E-state index is 11.6. The average molecular weight is 412 g/mol.